The number of ether oxygens (including phenoxy) is 1. The van der Waals surface area contributed by atoms with E-state index >= 15 is 0 Å². The summed E-state index contributed by atoms with van der Waals surface area (Å²) in [6.07, 6.45) is 3.89. The van der Waals surface area contributed by atoms with Crippen LogP contribution >= 0.6 is 0 Å². The molecule has 1 fully saturated rings. The van der Waals surface area contributed by atoms with Gasteiger partial charge in [-0.25, -0.2) is 0 Å². The van der Waals surface area contributed by atoms with Crippen molar-refractivity contribution in [1.29, 1.82) is 0 Å². The molecule has 0 aliphatic carbocycles. The summed E-state index contributed by atoms with van der Waals surface area (Å²) in [7, 11) is 0. The van der Waals surface area contributed by atoms with E-state index in [-0.39, 0.29) is 5.91 Å². The molecule has 2 aromatic carbocycles. The van der Waals surface area contributed by atoms with E-state index in [1.807, 2.05) is 47.4 Å². The number of primary amides is 1. The second kappa shape index (κ2) is 8.71. The van der Waals surface area contributed by atoms with Crippen molar-refractivity contribution in [3.63, 3.8) is 0 Å². The Hall–Kier alpha value is -2.82. The average molecular weight is 366 g/mol. The highest BCUT2D eigenvalue weighted by Gasteiger charge is 2.17. The first-order chi connectivity index (χ1) is 13.0. The fourth-order valence-electron chi connectivity index (χ4n) is 3.27. The lowest BCUT2D eigenvalue weighted by Crippen LogP contribution is -2.31. The summed E-state index contributed by atoms with van der Waals surface area (Å²) in [6.45, 7) is 3.31. The highest BCUT2D eigenvalue weighted by molar-refractivity contribution is 5.94. The quantitative estimate of drug-likeness (QED) is 0.878. The third-order valence-corrected chi connectivity index (χ3v) is 4.91. The molecule has 1 aliphatic rings. The van der Waals surface area contributed by atoms with Gasteiger partial charge in [-0.15, -0.1) is 0 Å². The summed E-state index contributed by atoms with van der Waals surface area (Å²) in [6, 6.07) is 15.1. The van der Waals surface area contributed by atoms with Crippen molar-refractivity contribution in [2.75, 3.05) is 13.1 Å². The topological polar surface area (TPSA) is 72.6 Å². The lowest BCUT2D eigenvalue weighted by atomic mass is 10.0. The molecular weight excluding hydrogens is 340 g/mol. The largest absolute Gasteiger partial charge is 0.481 e. The molecule has 0 saturated carbocycles. The van der Waals surface area contributed by atoms with E-state index in [0.717, 1.165) is 42.6 Å². The fourth-order valence-corrected chi connectivity index (χ4v) is 3.27. The van der Waals surface area contributed by atoms with Crippen LogP contribution in [0.25, 0.3) is 11.1 Å². The third-order valence-electron chi connectivity index (χ3n) is 4.91. The smallest absolute Gasteiger partial charge is 0.258 e. The SMILES string of the molecule is CC(Oc1cccc(-c2ccc(C(=O)N3CCCCCC3)cc2)c1)C(N)=O. The molecule has 1 unspecified atom stereocenters. The van der Waals surface area contributed by atoms with Crippen molar-refractivity contribution < 1.29 is 14.3 Å². The van der Waals surface area contributed by atoms with Crippen LogP contribution in [0.1, 0.15) is 43.0 Å². The molecular formula is C22H26N2O3. The zero-order chi connectivity index (χ0) is 19.2. The first kappa shape index (κ1) is 19.0. The van der Waals surface area contributed by atoms with Gasteiger partial charge in [-0.2, -0.15) is 0 Å². The second-order valence-corrected chi connectivity index (χ2v) is 6.97. The lowest BCUT2D eigenvalue weighted by Gasteiger charge is -2.20. The van der Waals surface area contributed by atoms with Crippen molar-refractivity contribution in [1.82, 2.24) is 4.90 Å². The number of hydrogen-bond donors (Lipinski definition) is 1. The van der Waals surface area contributed by atoms with Gasteiger partial charge in [-0.05, 0) is 55.2 Å². The van der Waals surface area contributed by atoms with Crippen LogP contribution in [0.15, 0.2) is 48.5 Å². The van der Waals surface area contributed by atoms with E-state index in [1.54, 1.807) is 13.0 Å². The van der Waals surface area contributed by atoms with Gasteiger partial charge in [-0.3, -0.25) is 9.59 Å². The summed E-state index contributed by atoms with van der Waals surface area (Å²) in [5.41, 5.74) is 7.91. The standard InChI is InChI=1S/C22H26N2O3/c1-16(21(23)25)27-20-8-6-7-19(15-20)17-9-11-18(12-10-17)22(26)24-13-4-2-3-5-14-24/h6-12,15-16H,2-5,13-14H2,1H3,(H2,23,25). The van der Waals surface area contributed by atoms with Crippen molar-refractivity contribution in [2.24, 2.45) is 5.73 Å². The molecule has 1 aliphatic heterocycles. The summed E-state index contributed by atoms with van der Waals surface area (Å²) in [5, 5.41) is 0. The predicted molar refractivity (Wildman–Crippen MR) is 106 cm³/mol. The van der Waals surface area contributed by atoms with E-state index < -0.39 is 12.0 Å². The van der Waals surface area contributed by atoms with Crippen LogP contribution in [-0.2, 0) is 4.79 Å². The number of nitrogens with zero attached hydrogens (tertiary/aromatic N) is 1. The molecule has 1 atom stereocenters. The number of rotatable bonds is 5. The number of nitrogens with two attached hydrogens (primary N) is 1. The van der Waals surface area contributed by atoms with E-state index in [2.05, 4.69) is 0 Å². The molecule has 5 heteroatoms. The molecule has 2 amide bonds. The number of hydrogen-bond acceptors (Lipinski definition) is 3. The summed E-state index contributed by atoms with van der Waals surface area (Å²) < 4.78 is 5.56. The molecule has 0 spiro atoms. The Kier molecular flexibility index (Phi) is 6.12. The Morgan fingerprint density at radius 1 is 0.963 bits per heavy atom. The molecule has 2 N–H and O–H groups in total. The van der Waals surface area contributed by atoms with Gasteiger partial charge >= 0.3 is 0 Å². The predicted octanol–water partition coefficient (Wildman–Crippen LogP) is 3.62. The number of amides is 2. The van der Waals surface area contributed by atoms with Gasteiger partial charge in [0.05, 0.1) is 0 Å². The zero-order valence-corrected chi connectivity index (χ0v) is 15.7. The van der Waals surface area contributed by atoms with Crippen LogP contribution < -0.4 is 10.5 Å². The van der Waals surface area contributed by atoms with Crippen molar-refractivity contribution in [3.8, 4) is 16.9 Å². The van der Waals surface area contributed by atoms with E-state index in [1.165, 1.54) is 12.8 Å². The first-order valence-electron chi connectivity index (χ1n) is 9.50. The molecule has 1 heterocycles. The van der Waals surface area contributed by atoms with Gasteiger partial charge < -0.3 is 15.4 Å². The van der Waals surface area contributed by atoms with Crippen LogP contribution in [0, 0.1) is 0 Å². The normalized spacial score (nSPS) is 15.7. The van der Waals surface area contributed by atoms with Gasteiger partial charge in [-0.1, -0.05) is 37.1 Å². The Labute approximate surface area is 160 Å². The number of carbonyl (C=O) groups excluding carboxylic acids is 2. The highest BCUT2D eigenvalue weighted by atomic mass is 16.5. The van der Waals surface area contributed by atoms with Gasteiger partial charge in [0.2, 0.25) is 0 Å². The van der Waals surface area contributed by atoms with E-state index in [4.69, 9.17) is 10.5 Å². The number of benzene rings is 2. The van der Waals surface area contributed by atoms with E-state index in [0.29, 0.717) is 5.75 Å². The third kappa shape index (κ3) is 4.88. The Balaban J connectivity index is 1.73. The maximum Gasteiger partial charge on any atom is 0.258 e. The minimum Gasteiger partial charge on any atom is -0.481 e. The van der Waals surface area contributed by atoms with Gasteiger partial charge in [0.25, 0.3) is 11.8 Å². The second-order valence-electron chi connectivity index (χ2n) is 6.97. The van der Waals surface area contributed by atoms with Crippen LogP contribution in [0.5, 0.6) is 5.75 Å². The average Bonchev–Trinajstić information content (AvgIpc) is 2.97. The van der Waals surface area contributed by atoms with Crippen LogP contribution in [0.2, 0.25) is 0 Å². The summed E-state index contributed by atoms with van der Waals surface area (Å²) >= 11 is 0. The minimum absolute atomic E-state index is 0.107. The molecule has 2 aromatic rings. The van der Waals surface area contributed by atoms with Crippen molar-refractivity contribution >= 4 is 11.8 Å². The van der Waals surface area contributed by atoms with Gasteiger partial charge in [0.15, 0.2) is 6.10 Å². The zero-order valence-electron chi connectivity index (χ0n) is 15.7. The minimum atomic E-state index is -0.686. The summed E-state index contributed by atoms with van der Waals surface area (Å²) in [5.74, 6) is 0.191. The molecule has 1 saturated heterocycles. The Morgan fingerprint density at radius 3 is 2.26 bits per heavy atom. The monoisotopic (exact) mass is 366 g/mol. The van der Waals surface area contributed by atoms with Gasteiger partial charge in [0.1, 0.15) is 5.75 Å². The number of carbonyl (C=O) groups is 2. The molecule has 5 nitrogen and oxygen atoms in total. The Morgan fingerprint density at radius 2 is 1.63 bits per heavy atom. The molecule has 27 heavy (non-hydrogen) atoms. The molecule has 3 rings (SSSR count). The lowest BCUT2D eigenvalue weighted by molar-refractivity contribution is -0.123. The molecule has 0 radical (unpaired) electrons. The van der Waals surface area contributed by atoms with Gasteiger partial charge in [0, 0.05) is 18.7 Å². The Bertz CT molecular complexity index is 793. The van der Waals surface area contributed by atoms with Crippen molar-refractivity contribution in [3.05, 3.63) is 54.1 Å². The first-order valence-corrected chi connectivity index (χ1v) is 9.50. The maximum absolute atomic E-state index is 12.7. The van der Waals surface area contributed by atoms with E-state index in [9.17, 15) is 9.59 Å². The molecule has 0 bridgehead atoms. The van der Waals surface area contributed by atoms with Crippen LogP contribution in [0.3, 0.4) is 0 Å². The van der Waals surface area contributed by atoms with Crippen LogP contribution in [-0.4, -0.2) is 35.9 Å². The van der Waals surface area contributed by atoms with Crippen LogP contribution in [0.4, 0.5) is 0 Å². The number of likely N-dealkylation sites (tertiary alicyclic amines) is 1. The summed E-state index contributed by atoms with van der Waals surface area (Å²) in [4.78, 5) is 25.8. The van der Waals surface area contributed by atoms with Crippen molar-refractivity contribution in [2.45, 2.75) is 38.7 Å². The fraction of sp³-hybridized carbons (Fsp3) is 0.364. The highest BCUT2D eigenvalue weighted by Crippen LogP contribution is 2.25. The molecule has 142 valence electrons. The molecule has 0 aromatic heterocycles. The maximum atomic E-state index is 12.7.